The van der Waals surface area contributed by atoms with Crippen LogP contribution in [0.2, 0.25) is 10.0 Å². The number of carbonyl (C=O) groups is 1. The minimum Gasteiger partial charge on any atom is -0.339 e. The Labute approximate surface area is 185 Å². The molecule has 2 unspecified atom stereocenters. The number of amides is 1. The Hall–Kier alpha value is -2.31. The molecule has 2 atom stereocenters. The maximum absolute atomic E-state index is 13.2. The zero-order valence-electron chi connectivity index (χ0n) is 16.7. The van der Waals surface area contributed by atoms with Crippen molar-refractivity contribution in [3.05, 3.63) is 57.6 Å². The Balaban J connectivity index is 1.31. The van der Waals surface area contributed by atoms with E-state index in [4.69, 9.17) is 23.2 Å². The van der Waals surface area contributed by atoms with Gasteiger partial charge in [0.2, 0.25) is 5.91 Å². The molecule has 3 heterocycles. The molecule has 3 aromatic rings. The van der Waals surface area contributed by atoms with Gasteiger partial charge in [0, 0.05) is 53.6 Å². The Morgan fingerprint density at radius 1 is 1.20 bits per heavy atom. The number of carbonyl (C=O) groups excluding carboxylic acids is 1. The molecule has 2 aliphatic rings. The van der Waals surface area contributed by atoms with Crippen molar-refractivity contribution in [2.75, 3.05) is 6.54 Å². The molecule has 1 fully saturated rings. The maximum Gasteiger partial charge on any atom is 0.226 e. The number of benzene rings is 1. The average Bonchev–Trinajstić information content (AvgIpc) is 3.44. The third kappa shape index (κ3) is 3.52. The van der Waals surface area contributed by atoms with Crippen molar-refractivity contribution in [1.29, 1.82) is 0 Å². The first-order chi connectivity index (χ1) is 14.5. The van der Waals surface area contributed by atoms with Gasteiger partial charge in [-0.15, -0.1) is 0 Å². The van der Waals surface area contributed by atoms with E-state index < -0.39 is 0 Å². The minimum atomic E-state index is -0.0741. The quantitative estimate of drug-likeness (QED) is 0.660. The highest BCUT2D eigenvalue weighted by Crippen LogP contribution is 2.36. The first-order valence-electron chi connectivity index (χ1n) is 10.3. The SMILES string of the molecule is Cn1cc(-c2cc(Cl)c(CC3CCN(C4CCc5n[nH]cc5C4)C3=O)c(Cl)c2)cn1. The Bertz CT molecular complexity index is 1080. The van der Waals surface area contributed by atoms with Crippen LogP contribution in [0.25, 0.3) is 11.1 Å². The number of nitrogens with one attached hydrogen (secondary N) is 1. The highest BCUT2D eigenvalue weighted by molar-refractivity contribution is 6.36. The van der Waals surface area contributed by atoms with Crippen molar-refractivity contribution in [3.63, 3.8) is 0 Å². The van der Waals surface area contributed by atoms with Gasteiger partial charge in [0.25, 0.3) is 0 Å². The summed E-state index contributed by atoms with van der Waals surface area (Å²) in [5.74, 6) is 0.144. The van der Waals surface area contributed by atoms with E-state index in [1.807, 2.05) is 31.6 Å². The number of likely N-dealkylation sites (tertiary alicyclic amines) is 1. The second-order valence-corrected chi connectivity index (χ2v) is 9.11. The second kappa shape index (κ2) is 7.75. The molecular formula is C22H23Cl2N5O. The number of H-pyrrole nitrogens is 1. The van der Waals surface area contributed by atoms with E-state index in [-0.39, 0.29) is 17.9 Å². The number of hydrogen-bond donors (Lipinski definition) is 1. The molecule has 0 radical (unpaired) electrons. The first kappa shape index (κ1) is 19.6. The van der Waals surface area contributed by atoms with Crippen LogP contribution in [0.3, 0.4) is 0 Å². The first-order valence-corrected chi connectivity index (χ1v) is 11.0. The summed E-state index contributed by atoms with van der Waals surface area (Å²) in [6, 6.07) is 4.09. The lowest BCUT2D eigenvalue weighted by Gasteiger charge is -2.31. The Morgan fingerprint density at radius 2 is 2.00 bits per heavy atom. The zero-order valence-corrected chi connectivity index (χ0v) is 18.2. The van der Waals surface area contributed by atoms with Crippen molar-refractivity contribution in [2.24, 2.45) is 13.0 Å². The van der Waals surface area contributed by atoms with Crippen LogP contribution < -0.4 is 0 Å². The van der Waals surface area contributed by atoms with E-state index in [9.17, 15) is 4.79 Å². The predicted octanol–water partition coefficient (Wildman–Crippen LogP) is 4.07. The highest BCUT2D eigenvalue weighted by Gasteiger charge is 2.38. The van der Waals surface area contributed by atoms with Gasteiger partial charge in [0.1, 0.15) is 0 Å². The summed E-state index contributed by atoms with van der Waals surface area (Å²) >= 11 is 13.2. The van der Waals surface area contributed by atoms with Gasteiger partial charge >= 0.3 is 0 Å². The number of aromatic amines is 1. The molecule has 6 nitrogen and oxygen atoms in total. The van der Waals surface area contributed by atoms with E-state index in [1.165, 1.54) is 5.56 Å². The van der Waals surface area contributed by atoms with E-state index >= 15 is 0 Å². The lowest BCUT2D eigenvalue weighted by atomic mass is 9.92. The van der Waals surface area contributed by atoms with E-state index in [2.05, 4.69) is 20.2 Å². The van der Waals surface area contributed by atoms with Crippen molar-refractivity contribution in [2.45, 2.75) is 38.1 Å². The van der Waals surface area contributed by atoms with Gasteiger partial charge in [-0.1, -0.05) is 23.2 Å². The van der Waals surface area contributed by atoms with Gasteiger partial charge in [0.15, 0.2) is 0 Å². The average molecular weight is 444 g/mol. The number of rotatable bonds is 4. The second-order valence-electron chi connectivity index (χ2n) is 8.30. The maximum atomic E-state index is 13.2. The molecule has 2 aromatic heterocycles. The molecular weight excluding hydrogens is 421 g/mol. The molecule has 1 amide bonds. The summed E-state index contributed by atoms with van der Waals surface area (Å²) in [7, 11) is 1.87. The van der Waals surface area contributed by atoms with Crippen molar-refractivity contribution >= 4 is 29.1 Å². The monoisotopic (exact) mass is 443 g/mol. The van der Waals surface area contributed by atoms with Gasteiger partial charge in [0.05, 0.1) is 11.9 Å². The molecule has 8 heteroatoms. The fourth-order valence-electron chi connectivity index (χ4n) is 4.76. The van der Waals surface area contributed by atoms with E-state index in [0.29, 0.717) is 16.5 Å². The normalized spacial score (nSPS) is 21.3. The van der Waals surface area contributed by atoms with Crippen LogP contribution in [-0.4, -0.2) is 43.4 Å². The van der Waals surface area contributed by atoms with Gasteiger partial charge in [-0.25, -0.2) is 0 Å². The predicted molar refractivity (Wildman–Crippen MR) is 117 cm³/mol. The number of aromatic nitrogens is 4. The molecule has 1 aromatic carbocycles. The molecule has 30 heavy (non-hydrogen) atoms. The summed E-state index contributed by atoms with van der Waals surface area (Å²) in [4.78, 5) is 15.2. The lowest BCUT2D eigenvalue weighted by Crippen LogP contribution is -2.41. The highest BCUT2D eigenvalue weighted by atomic mass is 35.5. The molecule has 1 aliphatic heterocycles. The summed E-state index contributed by atoms with van der Waals surface area (Å²) < 4.78 is 1.74. The van der Waals surface area contributed by atoms with Gasteiger partial charge < -0.3 is 4.90 Å². The zero-order chi connectivity index (χ0) is 20.8. The molecule has 0 saturated carbocycles. The number of nitrogens with zero attached hydrogens (tertiary/aromatic N) is 4. The van der Waals surface area contributed by atoms with Crippen LogP contribution in [0.5, 0.6) is 0 Å². The molecule has 1 aliphatic carbocycles. The van der Waals surface area contributed by atoms with Crippen LogP contribution in [0.1, 0.15) is 29.7 Å². The van der Waals surface area contributed by atoms with Crippen LogP contribution in [0.15, 0.2) is 30.7 Å². The summed E-state index contributed by atoms with van der Waals surface area (Å²) in [5.41, 5.74) is 5.12. The molecule has 1 saturated heterocycles. The summed E-state index contributed by atoms with van der Waals surface area (Å²) in [5, 5.41) is 12.7. The molecule has 1 N–H and O–H groups in total. The largest absolute Gasteiger partial charge is 0.339 e. The van der Waals surface area contributed by atoms with Gasteiger partial charge in [-0.2, -0.15) is 10.2 Å². The third-order valence-corrected chi connectivity index (χ3v) is 7.07. The Morgan fingerprint density at radius 3 is 2.73 bits per heavy atom. The van der Waals surface area contributed by atoms with Crippen LogP contribution in [0.4, 0.5) is 0 Å². The number of aryl methyl sites for hydroxylation is 2. The van der Waals surface area contributed by atoms with Crippen LogP contribution >= 0.6 is 23.2 Å². The minimum absolute atomic E-state index is 0.0741. The molecule has 156 valence electrons. The van der Waals surface area contributed by atoms with Crippen molar-refractivity contribution < 1.29 is 4.79 Å². The van der Waals surface area contributed by atoms with Crippen molar-refractivity contribution in [3.8, 4) is 11.1 Å². The van der Waals surface area contributed by atoms with Crippen molar-refractivity contribution in [1.82, 2.24) is 24.9 Å². The molecule has 0 bridgehead atoms. The van der Waals surface area contributed by atoms with E-state index in [1.54, 1.807) is 10.9 Å². The van der Waals surface area contributed by atoms with Crippen LogP contribution in [0, 0.1) is 5.92 Å². The topological polar surface area (TPSA) is 66.8 Å². The standard InChI is InChI=1S/C22H23Cl2N5O/c1-28-12-16(11-26-28)14-8-19(23)18(20(24)9-14)7-13-4-5-29(22(13)30)17-2-3-21-15(6-17)10-25-27-21/h8-13,17H,2-7H2,1H3,(H,25,27). The molecule has 5 rings (SSSR count). The third-order valence-electron chi connectivity index (χ3n) is 6.40. The number of fused-ring (bicyclic) bond motifs is 1. The van der Waals surface area contributed by atoms with Gasteiger partial charge in [-0.3, -0.25) is 14.6 Å². The summed E-state index contributed by atoms with van der Waals surface area (Å²) in [6.45, 7) is 0.796. The molecule has 0 spiro atoms. The number of hydrogen-bond acceptors (Lipinski definition) is 3. The van der Waals surface area contributed by atoms with Crippen LogP contribution in [-0.2, 0) is 31.1 Å². The fraction of sp³-hybridized carbons (Fsp3) is 0.409. The Kier molecular flexibility index (Phi) is 5.07. The van der Waals surface area contributed by atoms with Gasteiger partial charge in [-0.05, 0) is 60.9 Å². The van der Waals surface area contributed by atoms with E-state index in [0.717, 1.165) is 54.6 Å². The fourth-order valence-corrected chi connectivity index (χ4v) is 5.40. The number of halogens is 2. The smallest absolute Gasteiger partial charge is 0.226 e. The lowest BCUT2D eigenvalue weighted by molar-refractivity contribution is -0.133. The summed E-state index contributed by atoms with van der Waals surface area (Å²) in [6.07, 6.45) is 9.86.